The Hall–Kier alpha value is -1.55. The molecule has 0 bridgehead atoms. The Kier molecular flexibility index (Phi) is 5.36. The molecular weight excluding hydrogens is 208 g/mol. The van der Waals surface area contributed by atoms with E-state index in [0.717, 1.165) is 6.42 Å². The third kappa shape index (κ3) is 4.79. The second-order valence-electron chi connectivity index (χ2n) is 3.52. The Morgan fingerprint density at radius 1 is 1.50 bits per heavy atom. The highest BCUT2D eigenvalue weighted by atomic mass is 16.4. The van der Waals surface area contributed by atoms with Gasteiger partial charge in [-0.2, -0.15) is 0 Å². The minimum Gasteiger partial charge on any atom is -0.481 e. The van der Waals surface area contributed by atoms with Gasteiger partial charge in [-0.05, 0) is 31.4 Å². The first kappa shape index (κ1) is 12.5. The maximum absolute atomic E-state index is 10.2. The van der Waals surface area contributed by atoms with E-state index < -0.39 is 12.1 Å². The lowest BCUT2D eigenvalue weighted by Gasteiger charge is -2.02. The molecule has 0 amide bonds. The van der Waals surface area contributed by atoms with E-state index in [4.69, 9.17) is 9.52 Å². The summed E-state index contributed by atoms with van der Waals surface area (Å²) in [6.07, 6.45) is 6.65. The number of carbonyl (C=O) groups is 1. The lowest BCUT2D eigenvalue weighted by Crippen LogP contribution is -1.93. The summed E-state index contributed by atoms with van der Waals surface area (Å²) in [4.78, 5) is 10.2. The maximum atomic E-state index is 10.2. The van der Waals surface area contributed by atoms with Crippen molar-refractivity contribution in [3.05, 3.63) is 36.3 Å². The van der Waals surface area contributed by atoms with E-state index >= 15 is 0 Å². The van der Waals surface area contributed by atoms with Crippen molar-refractivity contribution in [2.45, 2.75) is 31.8 Å². The Labute approximate surface area is 94.2 Å². The second kappa shape index (κ2) is 6.85. The molecule has 88 valence electrons. The van der Waals surface area contributed by atoms with E-state index in [1.54, 1.807) is 12.1 Å². The molecule has 0 fully saturated rings. The molecule has 1 heterocycles. The standard InChI is InChI=1S/C12H16O4/c13-10(11-7-5-9-16-11)6-3-1-2-4-8-12(14)15/h1,3,5,7,9-10,13H,2,4,6,8H2,(H,14,15). The van der Waals surface area contributed by atoms with Crippen LogP contribution in [0.5, 0.6) is 0 Å². The fourth-order valence-electron chi connectivity index (χ4n) is 1.31. The summed E-state index contributed by atoms with van der Waals surface area (Å²) in [5.41, 5.74) is 0. The number of hydrogen-bond acceptors (Lipinski definition) is 3. The highest BCUT2D eigenvalue weighted by molar-refractivity contribution is 5.66. The number of furan rings is 1. The van der Waals surface area contributed by atoms with Crippen LogP contribution >= 0.6 is 0 Å². The Morgan fingerprint density at radius 2 is 2.31 bits per heavy atom. The number of aliphatic hydroxyl groups excluding tert-OH is 1. The van der Waals surface area contributed by atoms with Crippen LogP contribution in [0.25, 0.3) is 0 Å². The molecule has 1 aromatic heterocycles. The average Bonchev–Trinajstić information content (AvgIpc) is 2.75. The van der Waals surface area contributed by atoms with Gasteiger partial charge in [-0.15, -0.1) is 0 Å². The van der Waals surface area contributed by atoms with Gasteiger partial charge < -0.3 is 14.6 Å². The van der Waals surface area contributed by atoms with E-state index in [2.05, 4.69) is 0 Å². The monoisotopic (exact) mass is 224 g/mol. The van der Waals surface area contributed by atoms with Crippen LogP contribution in [0.3, 0.4) is 0 Å². The summed E-state index contributed by atoms with van der Waals surface area (Å²) < 4.78 is 5.04. The van der Waals surface area contributed by atoms with Gasteiger partial charge in [0, 0.05) is 6.42 Å². The maximum Gasteiger partial charge on any atom is 0.303 e. The van der Waals surface area contributed by atoms with Gasteiger partial charge in [0.2, 0.25) is 0 Å². The zero-order valence-corrected chi connectivity index (χ0v) is 9.00. The van der Waals surface area contributed by atoms with Crippen LogP contribution < -0.4 is 0 Å². The number of unbranched alkanes of at least 4 members (excludes halogenated alkanes) is 1. The molecule has 1 unspecified atom stereocenters. The van der Waals surface area contributed by atoms with Gasteiger partial charge in [0.25, 0.3) is 0 Å². The minimum atomic E-state index is -0.774. The smallest absolute Gasteiger partial charge is 0.303 e. The van der Waals surface area contributed by atoms with E-state index in [9.17, 15) is 9.90 Å². The number of allylic oxidation sites excluding steroid dienone is 1. The van der Waals surface area contributed by atoms with Crippen molar-refractivity contribution < 1.29 is 19.4 Å². The van der Waals surface area contributed by atoms with Crippen molar-refractivity contribution in [2.75, 3.05) is 0 Å². The summed E-state index contributed by atoms with van der Waals surface area (Å²) in [6.45, 7) is 0. The molecule has 0 spiro atoms. The Balaban J connectivity index is 2.14. The van der Waals surface area contributed by atoms with Gasteiger partial charge in [0.05, 0.1) is 6.26 Å². The lowest BCUT2D eigenvalue weighted by atomic mass is 10.1. The molecular formula is C12H16O4. The molecule has 1 atom stereocenters. The van der Waals surface area contributed by atoms with Crippen LogP contribution in [-0.4, -0.2) is 16.2 Å². The lowest BCUT2D eigenvalue weighted by molar-refractivity contribution is -0.137. The fraction of sp³-hybridized carbons (Fsp3) is 0.417. The molecule has 4 heteroatoms. The summed E-state index contributed by atoms with van der Waals surface area (Å²) in [6, 6.07) is 3.46. The van der Waals surface area contributed by atoms with E-state index in [1.165, 1.54) is 6.26 Å². The quantitative estimate of drug-likeness (QED) is 0.551. The normalized spacial score (nSPS) is 13.1. The van der Waals surface area contributed by atoms with Crippen molar-refractivity contribution in [2.24, 2.45) is 0 Å². The Morgan fingerprint density at radius 3 is 2.94 bits per heavy atom. The summed E-state index contributed by atoms with van der Waals surface area (Å²) >= 11 is 0. The summed E-state index contributed by atoms with van der Waals surface area (Å²) in [5.74, 6) is -0.223. The minimum absolute atomic E-state index is 0.186. The molecule has 1 rings (SSSR count). The number of aliphatic carboxylic acids is 1. The highest BCUT2D eigenvalue weighted by Gasteiger charge is 2.07. The van der Waals surface area contributed by atoms with Crippen LogP contribution in [0.15, 0.2) is 35.0 Å². The molecule has 0 aliphatic rings. The number of carboxylic acid groups (broad SMARTS) is 1. The molecule has 4 nitrogen and oxygen atoms in total. The fourth-order valence-corrected chi connectivity index (χ4v) is 1.31. The molecule has 0 aliphatic heterocycles. The Bertz CT molecular complexity index is 327. The zero-order valence-electron chi connectivity index (χ0n) is 9.00. The third-order valence-electron chi connectivity index (χ3n) is 2.16. The largest absolute Gasteiger partial charge is 0.481 e. The molecule has 0 saturated carbocycles. The average molecular weight is 224 g/mol. The van der Waals surface area contributed by atoms with Crippen LogP contribution in [0.1, 0.15) is 37.5 Å². The number of carboxylic acids is 1. The van der Waals surface area contributed by atoms with Crippen LogP contribution in [0, 0.1) is 0 Å². The first-order valence-corrected chi connectivity index (χ1v) is 5.28. The zero-order chi connectivity index (χ0) is 11.8. The highest BCUT2D eigenvalue weighted by Crippen LogP contribution is 2.17. The molecule has 2 N–H and O–H groups in total. The molecule has 0 aromatic carbocycles. The number of hydrogen-bond donors (Lipinski definition) is 2. The SMILES string of the molecule is O=C(O)CCCC=CCC(O)c1ccco1. The predicted octanol–water partition coefficient (Wildman–Crippen LogP) is 2.51. The summed E-state index contributed by atoms with van der Waals surface area (Å²) in [5, 5.41) is 18.0. The van der Waals surface area contributed by atoms with Gasteiger partial charge in [-0.3, -0.25) is 4.79 Å². The second-order valence-corrected chi connectivity index (χ2v) is 3.52. The predicted molar refractivity (Wildman–Crippen MR) is 58.9 cm³/mol. The van der Waals surface area contributed by atoms with E-state index in [1.807, 2.05) is 12.2 Å². The molecule has 0 aliphatic carbocycles. The number of rotatable bonds is 7. The number of aliphatic hydroxyl groups is 1. The van der Waals surface area contributed by atoms with Gasteiger partial charge in [0.1, 0.15) is 11.9 Å². The summed E-state index contributed by atoms with van der Waals surface area (Å²) in [7, 11) is 0. The first-order valence-electron chi connectivity index (χ1n) is 5.28. The molecule has 1 aromatic rings. The van der Waals surface area contributed by atoms with Gasteiger partial charge in [-0.1, -0.05) is 12.2 Å². The molecule has 0 radical (unpaired) electrons. The van der Waals surface area contributed by atoms with Crippen LogP contribution in [0.4, 0.5) is 0 Å². The first-order chi connectivity index (χ1) is 7.70. The van der Waals surface area contributed by atoms with E-state index in [-0.39, 0.29) is 6.42 Å². The van der Waals surface area contributed by atoms with E-state index in [0.29, 0.717) is 18.6 Å². The van der Waals surface area contributed by atoms with Gasteiger partial charge in [-0.25, -0.2) is 0 Å². The topological polar surface area (TPSA) is 70.7 Å². The van der Waals surface area contributed by atoms with Crippen molar-refractivity contribution in [1.82, 2.24) is 0 Å². The molecule has 0 saturated heterocycles. The molecule has 16 heavy (non-hydrogen) atoms. The van der Waals surface area contributed by atoms with Crippen molar-refractivity contribution in [3.8, 4) is 0 Å². The van der Waals surface area contributed by atoms with Crippen LogP contribution in [0.2, 0.25) is 0 Å². The van der Waals surface area contributed by atoms with Crippen molar-refractivity contribution >= 4 is 5.97 Å². The third-order valence-corrected chi connectivity index (χ3v) is 2.16. The van der Waals surface area contributed by atoms with Gasteiger partial charge >= 0.3 is 5.97 Å². The van der Waals surface area contributed by atoms with Crippen LogP contribution in [-0.2, 0) is 4.79 Å². The van der Waals surface area contributed by atoms with Crippen molar-refractivity contribution in [3.63, 3.8) is 0 Å². The van der Waals surface area contributed by atoms with Crippen molar-refractivity contribution in [1.29, 1.82) is 0 Å². The van der Waals surface area contributed by atoms with Gasteiger partial charge in [0.15, 0.2) is 0 Å².